The second-order valence-electron chi connectivity index (χ2n) is 7.01. The number of benzene rings is 1. The number of alkyl halides is 3. The summed E-state index contributed by atoms with van der Waals surface area (Å²) < 4.78 is 40.2. The number of nitrogens with zero attached hydrogens (tertiary/aromatic N) is 4. The first-order valence-electron chi connectivity index (χ1n) is 9.38. The van der Waals surface area contributed by atoms with Crippen molar-refractivity contribution in [2.75, 3.05) is 6.54 Å². The van der Waals surface area contributed by atoms with Gasteiger partial charge in [-0.15, -0.1) is 0 Å². The van der Waals surface area contributed by atoms with Crippen molar-refractivity contribution in [1.29, 1.82) is 0 Å². The molecule has 4 rings (SSSR count). The highest BCUT2D eigenvalue weighted by molar-refractivity contribution is 5.56. The molecular formula is C20H20F3N5O. The Balaban J connectivity index is 1.56. The summed E-state index contributed by atoms with van der Waals surface area (Å²) in [4.78, 5) is 22.0. The predicted molar refractivity (Wildman–Crippen MR) is 101 cm³/mol. The van der Waals surface area contributed by atoms with Crippen LogP contribution in [0.4, 0.5) is 13.2 Å². The lowest BCUT2D eigenvalue weighted by Gasteiger charge is -2.27. The molecule has 0 spiro atoms. The first-order valence-corrected chi connectivity index (χ1v) is 9.38. The molecule has 0 saturated carbocycles. The number of rotatable bonds is 4. The molecule has 0 radical (unpaired) electrons. The summed E-state index contributed by atoms with van der Waals surface area (Å²) in [6, 6.07) is 6.61. The Morgan fingerprint density at radius 1 is 1.17 bits per heavy atom. The first-order chi connectivity index (χ1) is 13.8. The first kappa shape index (κ1) is 19.4. The van der Waals surface area contributed by atoms with Gasteiger partial charge in [0.2, 0.25) is 0 Å². The van der Waals surface area contributed by atoms with Gasteiger partial charge in [0.1, 0.15) is 5.82 Å². The summed E-state index contributed by atoms with van der Waals surface area (Å²) in [7, 11) is 0. The Kier molecular flexibility index (Phi) is 4.99. The van der Waals surface area contributed by atoms with Crippen molar-refractivity contribution in [2.24, 2.45) is 0 Å². The van der Waals surface area contributed by atoms with Crippen LogP contribution in [0.5, 0.6) is 0 Å². The lowest BCUT2D eigenvalue weighted by molar-refractivity contribution is -0.137. The molecule has 29 heavy (non-hydrogen) atoms. The number of nitrogens with one attached hydrogen (secondary N) is 1. The van der Waals surface area contributed by atoms with Gasteiger partial charge in [0.05, 0.1) is 22.5 Å². The number of hydrogen-bond donors (Lipinski definition) is 1. The molecule has 0 aliphatic carbocycles. The molecule has 152 valence electrons. The topological polar surface area (TPSA) is 66.8 Å². The molecule has 3 aromatic rings. The van der Waals surface area contributed by atoms with Gasteiger partial charge in [-0.3, -0.25) is 14.4 Å². The molecule has 3 heterocycles. The van der Waals surface area contributed by atoms with E-state index in [4.69, 9.17) is 0 Å². The van der Waals surface area contributed by atoms with E-state index in [2.05, 4.69) is 20.0 Å². The van der Waals surface area contributed by atoms with E-state index >= 15 is 0 Å². The Morgan fingerprint density at radius 2 is 1.93 bits per heavy atom. The minimum Gasteiger partial charge on any atom is -0.306 e. The SMILES string of the molecule is CCn1nccc1CN1CCc2nc(-c3ccc(C(F)(F)F)cc3)[nH]c(=O)c2C1. The third kappa shape index (κ3) is 3.95. The van der Waals surface area contributed by atoms with E-state index in [9.17, 15) is 18.0 Å². The maximum Gasteiger partial charge on any atom is 0.416 e. The quantitative estimate of drug-likeness (QED) is 0.726. The predicted octanol–water partition coefficient (Wildman–Crippen LogP) is 3.23. The average Bonchev–Trinajstić information content (AvgIpc) is 3.15. The van der Waals surface area contributed by atoms with Crippen LogP contribution in [-0.4, -0.2) is 31.2 Å². The van der Waals surface area contributed by atoms with Gasteiger partial charge in [-0.05, 0) is 25.1 Å². The van der Waals surface area contributed by atoms with Gasteiger partial charge in [-0.2, -0.15) is 18.3 Å². The third-order valence-corrected chi connectivity index (χ3v) is 5.12. The van der Waals surface area contributed by atoms with E-state index in [0.29, 0.717) is 42.2 Å². The zero-order valence-electron chi connectivity index (χ0n) is 15.8. The fourth-order valence-corrected chi connectivity index (χ4v) is 3.58. The summed E-state index contributed by atoms with van der Waals surface area (Å²) in [5.41, 5.74) is 1.86. The van der Waals surface area contributed by atoms with Gasteiger partial charge < -0.3 is 4.98 Å². The fourth-order valence-electron chi connectivity index (χ4n) is 3.58. The molecule has 0 unspecified atom stereocenters. The number of aryl methyl sites for hydroxylation is 1. The number of aromatic amines is 1. The van der Waals surface area contributed by atoms with Crippen LogP contribution < -0.4 is 5.56 Å². The van der Waals surface area contributed by atoms with Crippen LogP contribution in [0.25, 0.3) is 11.4 Å². The van der Waals surface area contributed by atoms with Crippen LogP contribution in [0, 0.1) is 0 Å². The molecule has 2 aromatic heterocycles. The summed E-state index contributed by atoms with van der Waals surface area (Å²) >= 11 is 0. The zero-order chi connectivity index (χ0) is 20.6. The maximum absolute atomic E-state index is 12.7. The maximum atomic E-state index is 12.7. The van der Waals surface area contributed by atoms with Gasteiger partial charge in [0.25, 0.3) is 5.56 Å². The van der Waals surface area contributed by atoms with Gasteiger partial charge >= 0.3 is 6.18 Å². The monoisotopic (exact) mass is 403 g/mol. The third-order valence-electron chi connectivity index (χ3n) is 5.12. The molecule has 1 aromatic carbocycles. The largest absolute Gasteiger partial charge is 0.416 e. The van der Waals surface area contributed by atoms with Crippen molar-refractivity contribution in [3.8, 4) is 11.4 Å². The van der Waals surface area contributed by atoms with Gasteiger partial charge in [0, 0.05) is 44.4 Å². The van der Waals surface area contributed by atoms with Crippen molar-refractivity contribution in [1.82, 2.24) is 24.6 Å². The van der Waals surface area contributed by atoms with E-state index in [1.165, 1.54) is 12.1 Å². The van der Waals surface area contributed by atoms with Crippen LogP contribution >= 0.6 is 0 Å². The average molecular weight is 403 g/mol. The molecular weight excluding hydrogens is 383 g/mol. The lowest BCUT2D eigenvalue weighted by atomic mass is 10.1. The van der Waals surface area contributed by atoms with E-state index in [-0.39, 0.29) is 5.56 Å². The molecule has 9 heteroatoms. The van der Waals surface area contributed by atoms with Crippen molar-refractivity contribution >= 4 is 0 Å². The standard InChI is InChI=1S/C20H20F3N5O/c1-2-28-15(7-9-24-28)11-27-10-8-17-16(12-27)19(29)26-18(25-17)13-3-5-14(6-4-13)20(21,22)23/h3-7,9H,2,8,10-12H2,1H3,(H,25,26,29). The molecule has 0 saturated heterocycles. The second kappa shape index (κ2) is 7.47. The van der Waals surface area contributed by atoms with Crippen LogP contribution in [-0.2, 0) is 32.2 Å². The minimum absolute atomic E-state index is 0.251. The zero-order valence-corrected chi connectivity index (χ0v) is 15.8. The molecule has 1 aliphatic rings. The summed E-state index contributed by atoms with van der Waals surface area (Å²) in [5.74, 6) is 0.292. The minimum atomic E-state index is -4.40. The van der Waals surface area contributed by atoms with Crippen molar-refractivity contribution in [2.45, 2.75) is 39.2 Å². The smallest absolute Gasteiger partial charge is 0.306 e. The molecule has 0 bridgehead atoms. The highest BCUT2D eigenvalue weighted by Crippen LogP contribution is 2.30. The normalized spacial score (nSPS) is 14.8. The highest BCUT2D eigenvalue weighted by Gasteiger charge is 2.30. The van der Waals surface area contributed by atoms with Crippen molar-refractivity contribution < 1.29 is 13.2 Å². The molecule has 6 nitrogen and oxygen atoms in total. The Labute approximate surface area is 165 Å². The Bertz CT molecular complexity index is 1070. The molecule has 1 N–H and O–H groups in total. The van der Waals surface area contributed by atoms with Gasteiger partial charge in [-0.25, -0.2) is 4.98 Å². The van der Waals surface area contributed by atoms with E-state index < -0.39 is 11.7 Å². The summed E-state index contributed by atoms with van der Waals surface area (Å²) in [6.07, 6.45) is -2.03. The van der Waals surface area contributed by atoms with E-state index in [0.717, 1.165) is 30.9 Å². The number of fused-ring (bicyclic) bond motifs is 1. The van der Waals surface area contributed by atoms with Crippen molar-refractivity contribution in [3.05, 3.63) is 69.4 Å². The molecule has 1 aliphatic heterocycles. The van der Waals surface area contributed by atoms with Crippen LogP contribution in [0.1, 0.15) is 29.4 Å². The van der Waals surface area contributed by atoms with E-state index in [1.807, 2.05) is 17.7 Å². The number of halogens is 3. The van der Waals surface area contributed by atoms with Crippen LogP contribution in [0.3, 0.4) is 0 Å². The second-order valence-corrected chi connectivity index (χ2v) is 7.01. The summed E-state index contributed by atoms with van der Waals surface area (Å²) in [5, 5.41) is 4.27. The Morgan fingerprint density at radius 3 is 2.62 bits per heavy atom. The number of H-pyrrole nitrogens is 1. The summed E-state index contributed by atoms with van der Waals surface area (Å²) in [6.45, 7) is 4.71. The van der Waals surface area contributed by atoms with Gasteiger partial charge in [-0.1, -0.05) is 12.1 Å². The number of aromatic nitrogens is 4. The molecule has 0 amide bonds. The van der Waals surface area contributed by atoms with Crippen molar-refractivity contribution in [3.63, 3.8) is 0 Å². The van der Waals surface area contributed by atoms with Crippen LogP contribution in [0.2, 0.25) is 0 Å². The fraction of sp³-hybridized carbons (Fsp3) is 0.350. The Hall–Kier alpha value is -2.94. The molecule has 0 fully saturated rings. The number of hydrogen-bond acceptors (Lipinski definition) is 4. The lowest BCUT2D eigenvalue weighted by Crippen LogP contribution is -2.36. The molecule has 0 atom stereocenters. The highest BCUT2D eigenvalue weighted by atomic mass is 19.4. The van der Waals surface area contributed by atoms with E-state index in [1.54, 1.807) is 6.20 Å². The van der Waals surface area contributed by atoms with Gasteiger partial charge in [0.15, 0.2) is 0 Å². The van der Waals surface area contributed by atoms with Crippen LogP contribution in [0.15, 0.2) is 41.3 Å².